The zero-order valence-corrected chi connectivity index (χ0v) is 16.5. The van der Waals surface area contributed by atoms with Crippen LogP contribution < -0.4 is 0 Å². The Morgan fingerprint density at radius 1 is 1.07 bits per heavy atom. The van der Waals surface area contributed by atoms with Crippen LogP contribution in [-0.2, 0) is 22.6 Å². The second-order valence-corrected chi connectivity index (χ2v) is 7.56. The van der Waals surface area contributed by atoms with Gasteiger partial charge < -0.3 is 9.84 Å². The van der Waals surface area contributed by atoms with Crippen LogP contribution in [0.2, 0.25) is 0 Å². The smallest absolute Gasteiger partial charge is 0.411 e. The number of fused-ring (bicyclic) bond motifs is 4. The number of amides is 1. The summed E-state index contributed by atoms with van der Waals surface area (Å²) >= 11 is 0. The summed E-state index contributed by atoms with van der Waals surface area (Å²) in [5.74, 6) is -1.16. The molecule has 3 aromatic rings. The van der Waals surface area contributed by atoms with Crippen LogP contribution in [0.5, 0.6) is 0 Å². The van der Waals surface area contributed by atoms with Gasteiger partial charge in [-0.05, 0) is 29.2 Å². The maximum Gasteiger partial charge on any atom is 0.411 e. The molecule has 1 N–H and O–H groups in total. The Morgan fingerprint density at radius 2 is 1.70 bits per heavy atom. The van der Waals surface area contributed by atoms with Crippen molar-refractivity contribution in [1.82, 2.24) is 14.7 Å². The Balaban J connectivity index is 1.37. The van der Waals surface area contributed by atoms with E-state index in [-0.39, 0.29) is 19.1 Å². The van der Waals surface area contributed by atoms with Gasteiger partial charge in [-0.1, -0.05) is 48.5 Å². The number of aryl methyl sites for hydroxylation is 1. The molecule has 152 valence electrons. The van der Waals surface area contributed by atoms with E-state index in [4.69, 9.17) is 4.74 Å². The molecule has 7 heteroatoms. The van der Waals surface area contributed by atoms with E-state index in [0.29, 0.717) is 17.8 Å². The Kier molecular flexibility index (Phi) is 4.31. The number of carbonyl (C=O) groups excluding carboxylic acids is 1. The summed E-state index contributed by atoms with van der Waals surface area (Å²) in [5, 5.41) is 14.1. The van der Waals surface area contributed by atoms with Gasteiger partial charge in [-0.3, -0.25) is 9.58 Å². The van der Waals surface area contributed by atoms with Crippen LogP contribution in [-0.4, -0.2) is 38.5 Å². The summed E-state index contributed by atoms with van der Waals surface area (Å²) in [6.07, 6.45) is 1.07. The highest BCUT2D eigenvalue weighted by molar-refractivity contribution is 5.83. The van der Waals surface area contributed by atoms with Crippen molar-refractivity contribution < 1.29 is 19.4 Å². The lowest BCUT2D eigenvalue weighted by Crippen LogP contribution is -2.35. The maximum atomic E-state index is 12.9. The second kappa shape index (κ2) is 7.02. The second-order valence-electron chi connectivity index (χ2n) is 7.56. The standard InChI is InChI=1S/C23H21N3O4/c1-2-25-11-18-20(24-25)12-26(21(18)22(27)28)23(29)30-13-19-16-9-5-3-7-14(16)15-8-4-6-10-17(15)19/h3-11,19,21H,2,12-13H2,1H3,(H,27,28). The summed E-state index contributed by atoms with van der Waals surface area (Å²) in [5.41, 5.74) is 5.69. The number of carboxylic acid groups (broad SMARTS) is 1. The predicted octanol–water partition coefficient (Wildman–Crippen LogP) is 3.79. The quantitative estimate of drug-likeness (QED) is 0.716. The normalized spacial score (nSPS) is 16.8. The van der Waals surface area contributed by atoms with Crippen LogP contribution >= 0.6 is 0 Å². The van der Waals surface area contributed by atoms with Crippen molar-refractivity contribution in [1.29, 1.82) is 0 Å². The first kappa shape index (κ1) is 18.4. The lowest BCUT2D eigenvalue weighted by molar-refractivity contribution is -0.142. The molecule has 0 fully saturated rings. The van der Waals surface area contributed by atoms with Crippen molar-refractivity contribution in [2.24, 2.45) is 0 Å². The third kappa shape index (κ3) is 2.77. The Morgan fingerprint density at radius 3 is 2.30 bits per heavy atom. The molecule has 7 nitrogen and oxygen atoms in total. The number of carbonyl (C=O) groups is 2. The maximum absolute atomic E-state index is 12.9. The molecule has 1 unspecified atom stereocenters. The average molecular weight is 403 g/mol. The van der Waals surface area contributed by atoms with E-state index >= 15 is 0 Å². The summed E-state index contributed by atoms with van der Waals surface area (Å²) in [7, 11) is 0. The number of rotatable bonds is 4. The average Bonchev–Trinajstić information content (AvgIpc) is 3.40. The van der Waals surface area contributed by atoms with Crippen LogP contribution in [0.15, 0.2) is 54.7 Å². The molecule has 1 aromatic heterocycles. The van der Waals surface area contributed by atoms with E-state index < -0.39 is 18.1 Å². The molecule has 2 heterocycles. The van der Waals surface area contributed by atoms with Crippen LogP contribution in [0.3, 0.4) is 0 Å². The highest BCUT2D eigenvalue weighted by Crippen LogP contribution is 2.44. The van der Waals surface area contributed by atoms with E-state index in [2.05, 4.69) is 17.2 Å². The Bertz CT molecular complexity index is 1110. The minimum Gasteiger partial charge on any atom is -0.479 e. The topological polar surface area (TPSA) is 84.7 Å². The molecule has 0 saturated heterocycles. The fourth-order valence-corrected chi connectivity index (χ4v) is 4.52. The van der Waals surface area contributed by atoms with Gasteiger partial charge in [0, 0.05) is 24.2 Å². The summed E-state index contributed by atoms with van der Waals surface area (Å²) in [6, 6.07) is 15.1. The van der Waals surface area contributed by atoms with Crippen molar-refractivity contribution in [3.63, 3.8) is 0 Å². The van der Waals surface area contributed by atoms with Crippen LogP contribution in [0.1, 0.15) is 41.3 Å². The van der Waals surface area contributed by atoms with Gasteiger partial charge in [0.25, 0.3) is 0 Å². The highest BCUT2D eigenvalue weighted by atomic mass is 16.6. The van der Waals surface area contributed by atoms with Crippen molar-refractivity contribution in [2.75, 3.05) is 6.61 Å². The van der Waals surface area contributed by atoms with E-state index in [9.17, 15) is 14.7 Å². The SMILES string of the molecule is CCn1cc2c(n1)CN(C(=O)OCC1c3ccccc3-c3ccccc31)C2C(=O)O. The highest BCUT2D eigenvalue weighted by Gasteiger charge is 2.42. The molecule has 0 spiro atoms. The van der Waals surface area contributed by atoms with Gasteiger partial charge >= 0.3 is 12.1 Å². The molecule has 30 heavy (non-hydrogen) atoms. The predicted molar refractivity (Wildman–Crippen MR) is 109 cm³/mol. The first-order chi connectivity index (χ1) is 14.6. The molecular formula is C23H21N3O4. The molecular weight excluding hydrogens is 382 g/mol. The monoisotopic (exact) mass is 403 g/mol. The summed E-state index contributed by atoms with van der Waals surface area (Å²) in [4.78, 5) is 26.0. The van der Waals surface area contributed by atoms with Crippen molar-refractivity contribution in [3.05, 3.63) is 77.1 Å². The lowest BCUT2D eigenvalue weighted by atomic mass is 9.98. The van der Waals surface area contributed by atoms with Gasteiger partial charge in [-0.15, -0.1) is 0 Å². The number of benzene rings is 2. The number of hydrogen-bond acceptors (Lipinski definition) is 4. The van der Waals surface area contributed by atoms with Crippen molar-refractivity contribution in [3.8, 4) is 11.1 Å². The van der Waals surface area contributed by atoms with E-state index in [0.717, 1.165) is 22.3 Å². The van der Waals surface area contributed by atoms with E-state index in [1.807, 2.05) is 43.3 Å². The number of aromatic nitrogens is 2. The molecule has 1 atom stereocenters. The van der Waals surface area contributed by atoms with Gasteiger partial charge in [0.15, 0.2) is 6.04 Å². The fourth-order valence-electron chi connectivity index (χ4n) is 4.52. The molecule has 1 aliphatic heterocycles. The Labute approximate surface area is 173 Å². The lowest BCUT2D eigenvalue weighted by Gasteiger charge is -2.23. The zero-order valence-electron chi connectivity index (χ0n) is 16.5. The molecule has 2 aromatic carbocycles. The van der Waals surface area contributed by atoms with Crippen LogP contribution in [0.25, 0.3) is 11.1 Å². The molecule has 0 radical (unpaired) electrons. The first-order valence-electron chi connectivity index (χ1n) is 9.99. The molecule has 1 aliphatic carbocycles. The number of ether oxygens (including phenoxy) is 1. The minimum absolute atomic E-state index is 0.0705. The zero-order chi connectivity index (χ0) is 20.8. The first-order valence-corrected chi connectivity index (χ1v) is 9.99. The van der Waals surface area contributed by atoms with Gasteiger partial charge in [0.05, 0.1) is 12.2 Å². The van der Waals surface area contributed by atoms with Gasteiger partial charge in [0.2, 0.25) is 0 Å². The summed E-state index contributed by atoms with van der Waals surface area (Å²) in [6.45, 7) is 2.86. The molecule has 0 bridgehead atoms. The fraction of sp³-hybridized carbons (Fsp3) is 0.261. The van der Waals surface area contributed by atoms with Gasteiger partial charge in [-0.2, -0.15) is 5.10 Å². The molecule has 2 aliphatic rings. The number of nitrogens with zero attached hydrogens (tertiary/aromatic N) is 3. The van der Waals surface area contributed by atoms with E-state index in [1.165, 1.54) is 4.90 Å². The third-order valence-electron chi connectivity index (χ3n) is 5.93. The van der Waals surface area contributed by atoms with Crippen molar-refractivity contribution >= 4 is 12.1 Å². The van der Waals surface area contributed by atoms with Gasteiger partial charge in [0.1, 0.15) is 6.61 Å². The summed E-state index contributed by atoms with van der Waals surface area (Å²) < 4.78 is 7.34. The molecule has 5 rings (SSSR count). The third-order valence-corrected chi connectivity index (χ3v) is 5.93. The van der Waals surface area contributed by atoms with Crippen molar-refractivity contribution in [2.45, 2.75) is 32.0 Å². The number of aliphatic carboxylic acids is 1. The van der Waals surface area contributed by atoms with Gasteiger partial charge in [-0.25, -0.2) is 9.59 Å². The largest absolute Gasteiger partial charge is 0.479 e. The Hall–Kier alpha value is -3.61. The molecule has 0 saturated carbocycles. The van der Waals surface area contributed by atoms with E-state index in [1.54, 1.807) is 10.9 Å². The molecule has 1 amide bonds. The van der Waals surface area contributed by atoms with Crippen LogP contribution in [0, 0.1) is 0 Å². The number of carboxylic acids is 1. The number of hydrogen-bond donors (Lipinski definition) is 1. The van der Waals surface area contributed by atoms with Crippen LogP contribution in [0.4, 0.5) is 4.79 Å². The minimum atomic E-state index is -1.09.